The normalized spacial score (nSPS) is 10.5. The second kappa shape index (κ2) is 3.93. The van der Waals surface area contributed by atoms with Crippen molar-refractivity contribution in [3.8, 4) is 11.5 Å². The third-order valence-corrected chi connectivity index (χ3v) is 2.55. The summed E-state index contributed by atoms with van der Waals surface area (Å²) in [5.74, 6) is -0.166. The van der Waals surface area contributed by atoms with Gasteiger partial charge in [0.25, 0.3) is 0 Å². The standard InChI is InChI=1S/C12H10O5/c1-6-3-10(14)17-12-7(6)4-9(16-2)11(15)8(12)5-13/h3-5,15H,1-2H3. The number of phenolic OH excluding ortho intramolecular Hbond substituents is 1. The number of carbonyl (C=O) groups is 1. The second-order valence-electron chi connectivity index (χ2n) is 3.58. The largest absolute Gasteiger partial charge is 0.504 e. The van der Waals surface area contributed by atoms with Gasteiger partial charge >= 0.3 is 5.63 Å². The van der Waals surface area contributed by atoms with Gasteiger partial charge in [-0.25, -0.2) is 4.79 Å². The Labute approximate surface area is 96.2 Å². The smallest absolute Gasteiger partial charge is 0.336 e. The maximum absolute atomic E-state index is 11.2. The molecule has 0 amide bonds. The van der Waals surface area contributed by atoms with Crippen LogP contribution >= 0.6 is 0 Å². The molecule has 2 aromatic rings. The Hall–Kier alpha value is -2.30. The van der Waals surface area contributed by atoms with Crippen molar-refractivity contribution in [2.75, 3.05) is 7.11 Å². The molecule has 0 fully saturated rings. The van der Waals surface area contributed by atoms with Gasteiger partial charge < -0.3 is 14.3 Å². The van der Waals surface area contributed by atoms with E-state index in [2.05, 4.69) is 0 Å². The average Bonchev–Trinajstić information content (AvgIpc) is 2.28. The molecule has 1 aromatic carbocycles. The summed E-state index contributed by atoms with van der Waals surface area (Å²) >= 11 is 0. The van der Waals surface area contributed by atoms with Crippen LogP contribution in [0, 0.1) is 6.92 Å². The Bertz CT molecular complexity index is 654. The van der Waals surface area contributed by atoms with Crippen LogP contribution in [-0.4, -0.2) is 18.5 Å². The van der Waals surface area contributed by atoms with Gasteiger partial charge in [0.15, 0.2) is 23.4 Å². The zero-order valence-corrected chi connectivity index (χ0v) is 9.31. The number of ether oxygens (including phenoxy) is 1. The first-order chi connectivity index (χ1) is 8.08. The van der Waals surface area contributed by atoms with E-state index in [1.165, 1.54) is 19.2 Å². The van der Waals surface area contributed by atoms with Crippen molar-refractivity contribution in [1.29, 1.82) is 0 Å². The summed E-state index contributed by atoms with van der Waals surface area (Å²) in [6.45, 7) is 1.71. The van der Waals surface area contributed by atoms with Crippen LogP contribution < -0.4 is 10.4 Å². The van der Waals surface area contributed by atoms with Crippen molar-refractivity contribution in [3.63, 3.8) is 0 Å². The van der Waals surface area contributed by atoms with Gasteiger partial charge in [-0.15, -0.1) is 0 Å². The van der Waals surface area contributed by atoms with Gasteiger partial charge in [0.2, 0.25) is 0 Å². The van der Waals surface area contributed by atoms with E-state index < -0.39 is 5.63 Å². The molecule has 0 atom stereocenters. The highest BCUT2D eigenvalue weighted by atomic mass is 16.5. The predicted octanol–water partition coefficient (Wildman–Crippen LogP) is 1.63. The maximum Gasteiger partial charge on any atom is 0.336 e. The molecule has 0 radical (unpaired) electrons. The first-order valence-electron chi connectivity index (χ1n) is 4.88. The van der Waals surface area contributed by atoms with Crippen LogP contribution in [0.1, 0.15) is 15.9 Å². The minimum absolute atomic E-state index is 0.0725. The van der Waals surface area contributed by atoms with E-state index in [0.717, 1.165) is 0 Å². The lowest BCUT2D eigenvalue weighted by Crippen LogP contribution is -2.01. The van der Waals surface area contributed by atoms with E-state index in [1.54, 1.807) is 6.92 Å². The molecule has 0 bridgehead atoms. The number of hydrogen-bond donors (Lipinski definition) is 1. The number of aldehydes is 1. The number of aryl methyl sites for hydroxylation is 1. The summed E-state index contributed by atoms with van der Waals surface area (Å²) in [5.41, 5.74) is 0.0729. The van der Waals surface area contributed by atoms with Gasteiger partial charge in [0.1, 0.15) is 5.56 Å². The lowest BCUT2D eigenvalue weighted by atomic mass is 10.1. The van der Waals surface area contributed by atoms with Crippen LogP contribution in [0.2, 0.25) is 0 Å². The Morgan fingerprint density at radius 3 is 2.71 bits per heavy atom. The Morgan fingerprint density at radius 1 is 1.41 bits per heavy atom. The molecule has 1 heterocycles. The number of carbonyl (C=O) groups excluding carboxylic acids is 1. The van der Waals surface area contributed by atoms with Crippen LogP contribution in [0.15, 0.2) is 21.3 Å². The number of aromatic hydroxyl groups is 1. The number of hydrogen-bond acceptors (Lipinski definition) is 5. The summed E-state index contributed by atoms with van der Waals surface area (Å²) < 4.78 is 9.89. The molecule has 1 N–H and O–H groups in total. The molecule has 0 spiro atoms. The minimum Gasteiger partial charge on any atom is -0.504 e. The Morgan fingerprint density at radius 2 is 2.12 bits per heavy atom. The number of fused-ring (bicyclic) bond motifs is 1. The highest BCUT2D eigenvalue weighted by Gasteiger charge is 2.16. The van der Waals surface area contributed by atoms with Crippen molar-refractivity contribution in [2.24, 2.45) is 0 Å². The summed E-state index contributed by atoms with van der Waals surface area (Å²) in [6, 6.07) is 2.84. The number of phenols is 1. The van der Waals surface area contributed by atoms with E-state index >= 15 is 0 Å². The first kappa shape index (κ1) is 11.2. The molecule has 0 aliphatic heterocycles. The van der Waals surface area contributed by atoms with Gasteiger partial charge in [-0.2, -0.15) is 0 Å². The minimum atomic E-state index is -0.567. The van der Waals surface area contributed by atoms with Crippen molar-refractivity contribution in [1.82, 2.24) is 0 Å². The molecule has 0 unspecified atom stereocenters. The Balaban J connectivity index is 3.03. The molecular weight excluding hydrogens is 224 g/mol. The molecule has 17 heavy (non-hydrogen) atoms. The zero-order chi connectivity index (χ0) is 12.6. The fourth-order valence-corrected chi connectivity index (χ4v) is 1.70. The Kier molecular flexibility index (Phi) is 2.59. The predicted molar refractivity (Wildman–Crippen MR) is 60.8 cm³/mol. The molecule has 5 nitrogen and oxygen atoms in total. The van der Waals surface area contributed by atoms with Gasteiger partial charge in [-0.1, -0.05) is 0 Å². The highest BCUT2D eigenvalue weighted by molar-refractivity contribution is 6.00. The van der Waals surface area contributed by atoms with Gasteiger partial charge in [0.05, 0.1) is 7.11 Å². The number of methoxy groups -OCH3 is 1. The van der Waals surface area contributed by atoms with Crippen LogP contribution in [0.25, 0.3) is 11.0 Å². The van der Waals surface area contributed by atoms with Crippen LogP contribution in [0.3, 0.4) is 0 Å². The maximum atomic E-state index is 11.2. The summed E-state index contributed by atoms with van der Waals surface area (Å²) in [6.07, 6.45) is 0.433. The highest BCUT2D eigenvalue weighted by Crippen LogP contribution is 2.35. The van der Waals surface area contributed by atoms with Crippen molar-refractivity contribution >= 4 is 17.3 Å². The fourth-order valence-electron chi connectivity index (χ4n) is 1.70. The van der Waals surface area contributed by atoms with Crippen molar-refractivity contribution < 1.29 is 19.1 Å². The van der Waals surface area contributed by atoms with E-state index in [-0.39, 0.29) is 22.6 Å². The molecule has 1 aromatic heterocycles. The summed E-state index contributed by atoms with van der Waals surface area (Å²) in [5, 5.41) is 10.3. The number of benzene rings is 1. The fraction of sp³-hybridized carbons (Fsp3) is 0.167. The first-order valence-corrected chi connectivity index (χ1v) is 4.88. The van der Waals surface area contributed by atoms with E-state index in [0.29, 0.717) is 17.2 Å². The third kappa shape index (κ3) is 1.65. The molecule has 5 heteroatoms. The topological polar surface area (TPSA) is 76.7 Å². The van der Waals surface area contributed by atoms with Gasteiger partial charge in [-0.3, -0.25) is 4.79 Å². The zero-order valence-electron chi connectivity index (χ0n) is 9.31. The van der Waals surface area contributed by atoms with Crippen LogP contribution in [0.5, 0.6) is 11.5 Å². The van der Waals surface area contributed by atoms with Crippen molar-refractivity contribution in [2.45, 2.75) is 6.92 Å². The van der Waals surface area contributed by atoms with Gasteiger partial charge in [0, 0.05) is 11.5 Å². The average molecular weight is 234 g/mol. The van der Waals surface area contributed by atoms with Crippen molar-refractivity contribution in [3.05, 3.63) is 33.7 Å². The van der Waals surface area contributed by atoms with E-state index in [4.69, 9.17) is 9.15 Å². The third-order valence-electron chi connectivity index (χ3n) is 2.55. The summed E-state index contributed by atoms with van der Waals surface area (Å²) in [7, 11) is 1.38. The number of rotatable bonds is 2. The molecule has 88 valence electrons. The lowest BCUT2D eigenvalue weighted by molar-refractivity contribution is 0.112. The lowest BCUT2D eigenvalue weighted by Gasteiger charge is -2.09. The quantitative estimate of drug-likeness (QED) is 0.631. The molecule has 2 rings (SSSR count). The van der Waals surface area contributed by atoms with Crippen LogP contribution in [-0.2, 0) is 0 Å². The molecule has 0 saturated carbocycles. The molecule has 0 aliphatic carbocycles. The SMILES string of the molecule is COc1cc2c(C)cc(=O)oc2c(C=O)c1O. The van der Waals surface area contributed by atoms with Crippen LogP contribution in [0.4, 0.5) is 0 Å². The second-order valence-corrected chi connectivity index (χ2v) is 3.58. The summed E-state index contributed by atoms with van der Waals surface area (Å²) in [4.78, 5) is 22.2. The van der Waals surface area contributed by atoms with E-state index in [1.807, 2.05) is 0 Å². The van der Waals surface area contributed by atoms with Gasteiger partial charge in [-0.05, 0) is 18.6 Å². The van der Waals surface area contributed by atoms with E-state index in [9.17, 15) is 14.7 Å². The molecular formula is C12H10O5. The molecule has 0 saturated heterocycles. The molecule has 0 aliphatic rings. The monoisotopic (exact) mass is 234 g/mol.